The monoisotopic (exact) mass is 535 g/mol. The van der Waals surface area contributed by atoms with Crippen molar-refractivity contribution in [3.05, 3.63) is 76.9 Å². The fourth-order valence-corrected chi connectivity index (χ4v) is 5.14. The first-order chi connectivity index (χ1) is 18.3. The number of nitrogens with one attached hydrogen (secondary N) is 1. The molecule has 0 spiro atoms. The summed E-state index contributed by atoms with van der Waals surface area (Å²) in [5.41, 5.74) is 5.03. The summed E-state index contributed by atoms with van der Waals surface area (Å²) in [7, 11) is 0. The molecular weight excluding hydrogens is 494 g/mol. The number of aromatic carboxylic acids is 1. The van der Waals surface area contributed by atoms with E-state index in [-0.39, 0.29) is 11.8 Å². The van der Waals surface area contributed by atoms with Gasteiger partial charge in [0.1, 0.15) is 5.82 Å². The number of nitrogens with zero attached hydrogens (tertiary/aromatic N) is 2. The molecule has 3 rings (SSSR count). The number of imidazole rings is 1. The third-order valence-electron chi connectivity index (χ3n) is 6.86. The van der Waals surface area contributed by atoms with E-state index in [4.69, 9.17) is 4.98 Å². The maximum absolute atomic E-state index is 12.9. The number of amides is 1. The Kier molecular flexibility index (Phi) is 11.0. The van der Waals surface area contributed by atoms with Gasteiger partial charge >= 0.3 is 5.97 Å². The Bertz CT molecular complexity index is 1220. The molecule has 0 saturated heterocycles. The molecule has 0 saturated carbocycles. The molecule has 0 unspecified atom stereocenters. The number of carboxylic acid groups (broad SMARTS) is 1. The zero-order chi connectivity index (χ0) is 27.7. The van der Waals surface area contributed by atoms with Crippen LogP contribution in [0.3, 0.4) is 0 Å². The lowest BCUT2D eigenvalue weighted by atomic mass is 9.98. The van der Waals surface area contributed by atoms with E-state index in [1.807, 2.05) is 36.4 Å². The number of carboxylic acids is 1. The number of unbranched alkanes of at least 4 members (excludes halogenated alkanes) is 1. The molecule has 38 heavy (non-hydrogen) atoms. The van der Waals surface area contributed by atoms with Gasteiger partial charge in [0, 0.05) is 24.6 Å². The molecule has 0 fully saturated rings. The average molecular weight is 536 g/mol. The van der Waals surface area contributed by atoms with Crippen molar-refractivity contribution in [1.82, 2.24) is 14.9 Å². The summed E-state index contributed by atoms with van der Waals surface area (Å²) >= 11 is 4.42. The average Bonchev–Trinajstić information content (AvgIpc) is 3.25. The summed E-state index contributed by atoms with van der Waals surface area (Å²) in [5.74, 6) is 1.00. The number of aryl methyl sites for hydroxylation is 2. The maximum atomic E-state index is 12.9. The molecule has 1 heterocycles. The largest absolute Gasteiger partial charge is 0.478 e. The Balaban J connectivity index is 1.88. The summed E-state index contributed by atoms with van der Waals surface area (Å²) in [6.07, 6.45) is 4.62. The highest BCUT2D eigenvalue weighted by atomic mass is 32.1. The summed E-state index contributed by atoms with van der Waals surface area (Å²) in [4.78, 5) is 29.6. The number of rotatable bonds is 14. The number of carbonyl (C=O) groups excluding carboxylic acids is 1. The Hall–Kier alpha value is -3.06. The number of hydrogen-bond donors (Lipinski definition) is 3. The molecule has 1 amide bonds. The van der Waals surface area contributed by atoms with Crippen LogP contribution in [-0.2, 0) is 30.7 Å². The summed E-state index contributed by atoms with van der Waals surface area (Å²) < 4.78 is 2.26. The van der Waals surface area contributed by atoms with E-state index < -0.39 is 5.97 Å². The van der Waals surface area contributed by atoms with Crippen LogP contribution in [0.5, 0.6) is 0 Å². The van der Waals surface area contributed by atoms with E-state index in [0.717, 1.165) is 60.4 Å². The Labute approximate surface area is 232 Å². The lowest BCUT2D eigenvalue weighted by molar-refractivity contribution is -0.124. The molecule has 1 aromatic heterocycles. The van der Waals surface area contributed by atoms with Crippen LogP contribution in [0.25, 0.3) is 11.1 Å². The minimum Gasteiger partial charge on any atom is -0.478 e. The quantitative estimate of drug-likeness (QED) is 0.208. The van der Waals surface area contributed by atoms with Gasteiger partial charge in [0.25, 0.3) is 0 Å². The van der Waals surface area contributed by atoms with Crippen molar-refractivity contribution >= 4 is 24.5 Å². The number of aromatic nitrogens is 2. The molecule has 0 aliphatic heterocycles. The third kappa shape index (κ3) is 7.50. The van der Waals surface area contributed by atoms with Crippen LogP contribution in [0, 0.1) is 11.8 Å². The summed E-state index contributed by atoms with van der Waals surface area (Å²) in [6.45, 7) is 9.60. The van der Waals surface area contributed by atoms with Crippen molar-refractivity contribution in [3.63, 3.8) is 0 Å². The highest BCUT2D eigenvalue weighted by Crippen LogP contribution is 2.25. The molecular formula is C31H41N3O3S. The van der Waals surface area contributed by atoms with E-state index in [0.29, 0.717) is 35.9 Å². The minimum atomic E-state index is -0.934. The van der Waals surface area contributed by atoms with E-state index >= 15 is 0 Å². The van der Waals surface area contributed by atoms with Crippen molar-refractivity contribution < 1.29 is 14.7 Å². The number of hydrogen-bond acceptors (Lipinski definition) is 4. The predicted octanol–water partition coefficient (Wildman–Crippen LogP) is 6.41. The summed E-state index contributed by atoms with van der Waals surface area (Å²) in [6, 6.07) is 15.1. The van der Waals surface area contributed by atoms with Crippen LogP contribution in [0.1, 0.15) is 80.1 Å². The smallest absolute Gasteiger partial charge is 0.336 e. The highest BCUT2D eigenvalue weighted by Gasteiger charge is 2.21. The second-order valence-corrected chi connectivity index (χ2v) is 10.6. The van der Waals surface area contributed by atoms with Crippen LogP contribution in [0.2, 0.25) is 0 Å². The molecule has 2 N–H and O–H groups in total. The third-order valence-corrected chi connectivity index (χ3v) is 7.30. The first-order valence-corrected chi connectivity index (χ1v) is 14.3. The van der Waals surface area contributed by atoms with Gasteiger partial charge in [-0.05, 0) is 47.9 Å². The molecule has 0 radical (unpaired) electrons. The van der Waals surface area contributed by atoms with Gasteiger partial charge < -0.3 is 15.0 Å². The fraction of sp³-hybridized carbons (Fsp3) is 0.452. The molecule has 2 aromatic carbocycles. The van der Waals surface area contributed by atoms with Crippen molar-refractivity contribution in [2.45, 2.75) is 72.9 Å². The van der Waals surface area contributed by atoms with Gasteiger partial charge in [-0.25, -0.2) is 9.78 Å². The Morgan fingerprint density at radius 1 is 1.08 bits per heavy atom. The maximum Gasteiger partial charge on any atom is 0.336 e. The zero-order valence-electron chi connectivity index (χ0n) is 23.0. The van der Waals surface area contributed by atoms with Crippen LogP contribution < -0.4 is 5.32 Å². The lowest BCUT2D eigenvalue weighted by Gasteiger charge is -2.18. The number of thiol groups is 1. The lowest BCUT2D eigenvalue weighted by Crippen LogP contribution is -2.33. The molecule has 6 nitrogen and oxygen atoms in total. The van der Waals surface area contributed by atoms with Crippen molar-refractivity contribution in [2.24, 2.45) is 11.8 Å². The SMILES string of the molecule is CCCCc1nc(CC)c(CNC(=O)[C@@H](CS)CC(C)C)n1Cc1ccc(-c2ccccc2C(=O)O)cc1. The molecule has 7 heteroatoms. The molecule has 0 aliphatic carbocycles. The van der Waals surface area contributed by atoms with E-state index in [2.05, 4.69) is 50.2 Å². The highest BCUT2D eigenvalue weighted by molar-refractivity contribution is 7.80. The molecule has 0 aliphatic rings. The van der Waals surface area contributed by atoms with Crippen molar-refractivity contribution in [1.29, 1.82) is 0 Å². The first-order valence-electron chi connectivity index (χ1n) is 13.7. The van der Waals surface area contributed by atoms with Gasteiger partial charge in [-0.1, -0.05) is 76.6 Å². The van der Waals surface area contributed by atoms with E-state index in [9.17, 15) is 14.7 Å². The van der Waals surface area contributed by atoms with Gasteiger partial charge in [-0.15, -0.1) is 0 Å². The fourth-order valence-electron chi connectivity index (χ4n) is 4.83. The van der Waals surface area contributed by atoms with Crippen LogP contribution in [-0.4, -0.2) is 32.3 Å². The summed E-state index contributed by atoms with van der Waals surface area (Å²) in [5, 5.41) is 12.7. The van der Waals surface area contributed by atoms with Gasteiger partial charge in [-0.2, -0.15) is 12.6 Å². The topological polar surface area (TPSA) is 84.2 Å². The minimum absolute atomic E-state index is 0.0417. The number of benzene rings is 2. The van der Waals surface area contributed by atoms with Gasteiger partial charge in [0.2, 0.25) is 5.91 Å². The Morgan fingerprint density at radius 2 is 1.79 bits per heavy atom. The molecule has 0 bridgehead atoms. The van der Waals surface area contributed by atoms with Crippen LogP contribution >= 0.6 is 12.6 Å². The second-order valence-electron chi connectivity index (χ2n) is 10.2. The normalized spacial score (nSPS) is 12.1. The van der Waals surface area contributed by atoms with Gasteiger partial charge in [-0.3, -0.25) is 4.79 Å². The molecule has 1 atom stereocenters. The van der Waals surface area contributed by atoms with Crippen LogP contribution in [0.4, 0.5) is 0 Å². The molecule has 204 valence electrons. The first kappa shape index (κ1) is 29.5. The number of carbonyl (C=O) groups is 2. The Morgan fingerprint density at radius 3 is 2.39 bits per heavy atom. The van der Waals surface area contributed by atoms with Gasteiger partial charge in [0.15, 0.2) is 0 Å². The predicted molar refractivity (Wildman–Crippen MR) is 157 cm³/mol. The van der Waals surface area contributed by atoms with Crippen molar-refractivity contribution in [2.75, 3.05) is 5.75 Å². The zero-order valence-corrected chi connectivity index (χ0v) is 23.9. The molecule has 3 aromatic rings. The van der Waals surface area contributed by atoms with E-state index in [1.54, 1.807) is 12.1 Å². The standard InChI is InChI=1S/C31H41N3O3S/c1-5-7-12-29-33-27(6-2)28(18-32-30(35)24(20-38)17-21(3)4)34(29)19-22-13-15-23(16-14-22)25-10-8-9-11-26(25)31(36)37/h8-11,13-16,21,24,38H,5-7,12,17-20H2,1-4H3,(H,32,35)(H,36,37)/t24-/m1/s1. The van der Waals surface area contributed by atoms with Crippen molar-refractivity contribution in [3.8, 4) is 11.1 Å². The van der Waals surface area contributed by atoms with E-state index in [1.165, 1.54) is 0 Å². The van der Waals surface area contributed by atoms with Crippen LogP contribution in [0.15, 0.2) is 48.5 Å². The second kappa shape index (κ2) is 14.2. The van der Waals surface area contributed by atoms with Gasteiger partial charge in [0.05, 0.1) is 23.5 Å².